The Labute approximate surface area is 156 Å². The SMILES string of the molecule is C[C@H]1C(=O)N([C@@H](CCC(=O)O)C(=O)O)CCN1C(=O)OCc1ccccc1. The number of carbonyl (C=O) groups is 4. The maximum atomic E-state index is 12.6. The molecule has 0 radical (unpaired) electrons. The lowest BCUT2D eigenvalue weighted by Crippen LogP contribution is -2.61. The van der Waals surface area contributed by atoms with Crippen LogP contribution in [0.3, 0.4) is 0 Å². The second-order valence-corrected chi connectivity index (χ2v) is 6.23. The summed E-state index contributed by atoms with van der Waals surface area (Å²) in [4.78, 5) is 49.4. The van der Waals surface area contributed by atoms with Crippen molar-refractivity contribution >= 4 is 23.9 Å². The van der Waals surface area contributed by atoms with E-state index < -0.39 is 36.0 Å². The van der Waals surface area contributed by atoms with Gasteiger partial charge in [0, 0.05) is 19.5 Å². The molecule has 0 saturated carbocycles. The Kier molecular flexibility index (Phi) is 6.75. The smallest absolute Gasteiger partial charge is 0.410 e. The summed E-state index contributed by atoms with van der Waals surface area (Å²) in [5.74, 6) is -2.95. The van der Waals surface area contributed by atoms with Crippen molar-refractivity contribution in [3.05, 3.63) is 35.9 Å². The molecule has 9 heteroatoms. The Bertz CT molecular complexity index is 707. The standard InChI is InChI=1S/C18H22N2O7/c1-12-16(23)20(14(17(24)25)7-8-15(21)22)10-9-19(12)18(26)27-11-13-5-3-2-4-6-13/h2-6,12,14H,7-11H2,1H3,(H,21,22)(H,24,25)/t12-,14-/m0/s1. The lowest BCUT2D eigenvalue weighted by molar-refractivity contribution is -0.156. The summed E-state index contributed by atoms with van der Waals surface area (Å²) in [6.07, 6.45) is -1.21. The minimum absolute atomic E-state index is 0.000194. The monoisotopic (exact) mass is 378 g/mol. The summed E-state index contributed by atoms with van der Waals surface area (Å²) in [7, 11) is 0. The third kappa shape index (κ3) is 5.19. The molecule has 0 aliphatic carbocycles. The molecule has 2 N–H and O–H groups in total. The third-order valence-electron chi connectivity index (χ3n) is 4.42. The Morgan fingerprint density at radius 3 is 2.44 bits per heavy atom. The average Bonchev–Trinajstić information content (AvgIpc) is 2.63. The van der Waals surface area contributed by atoms with Crippen LogP contribution in [-0.4, -0.2) is 69.1 Å². The number of piperazine rings is 1. The molecule has 0 unspecified atom stereocenters. The number of hydrogen-bond donors (Lipinski definition) is 2. The van der Waals surface area contributed by atoms with Crippen molar-refractivity contribution in [2.45, 2.75) is 38.5 Å². The van der Waals surface area contributed by atoms with Crippen LogP contribution >= 0.6 is 0 Å². The minimum atomic E-state index is -1.27. The highest BCUT2D eigenvalue weighted by Gasteiger charge is 2.40. The van der Waals surface area contributed by atoms with E-state index in [4.69, 9.17) is 9.84 Å². The van der Waals surface area contributed by atoms with Gasteiger partial charge in [-0.05, 0) is 18.9 Å². The number of benzene rings is 1. The van der Waals surface area contributed by atoms with Crippen LogP contribution in [0.1, 0.15) is 25.3 Å². The highest BCUT2D eigenvalue weighted by Crippen LogP contribution is 2.18. The van der Waals surface area contributed by atoms with Gasteiger partial charge in [-0.25, -0.2) is 9.59 Å². The molecule has 1 heterocycles. The predicted octanol–water partition coefficient (Wildman–Crippen LogP) is 1.17. The average molecular weight is 378 g/mol. The van der Waals surface area contributed by atoms with Gasteiger partial charge in [-0.3, -0.25) is 14.5 Å². The van der Waals surface area contributed by atoms with Crippen LogP contribution in [-0.2, 0) is 25.7 Å². The van der Waals surface area contributed by atoms with Crippen molar-refractivity contribution < 1.29 is 34.1 Å². The Morgan fingerprint density at radius 2 is 1.85 bits per heavy atom. The summed E-state index contributed by atoms with van der Waals surface area (Å²) in [5, 5.41) is 18.1. The molecule has 2 atom stereocenters. The van der Waals surface area contributed by atoms with E-state index in [9.17, 15) is 24.3 Å². The lowest BCUT2D eigenvalue weighted by Gasteiger charge is -2.40. The lowest BCUT2D eigenvalue weighted by atomic mass is 10.1. The number of carboxylic acid groups (broad SMARTS) is 2. The van der Waals surface area contributed by atoms with Crippen LogP contribution in [0.4, 0.5) is 4.79 Å². The van der Waals surface area contributed by atoms with Gasteiger partial charge < -0.3 is 19.8 Å². The topological polar surface area (TPSA) is 124 Å². The molecule has 0 bridgehead atoms. The van der Waals surface area contributed by atoms with E-state index in [2.05, 4.69) is 0 Å². The number of ether oxygens (including phenoxy) is 1. The zero-order chi connectivity index (χ0) is 20.0. The van der Waals surface area contributed by atoms with E-state index in [-0.39, 0.29) is 32.5 Å². The first kappa shape index (κ1) is 20.2. The van der Waals surface area contributed by atoms with Gasteiger partial charge in [0.2, 0.25) is 5.91 Å². The molecule has 1 fully saturated rings. The number of aliphatic carboxylic acids is 2. The molecule has 0 aromatic heterocycles. The Morgan fingerprint density at radius 1 is 1.19 bits per heavy atom. The number of carbonyl (C=O) groups excluding carboxylic acids is 2. The maximum Gasteiger partial charge on any atom is 0.410 e. The first-order valence-electron chi connectivity index (χ1n) is 8.53. The Hall–Kier alpha value is -3.10. The molecule has 146 valence electrons. The highest BCUT2D eigenvalue weighted by molar-refractivity contribution is 5.90. The van der Waals surface area contributed by atoms with Crippen molar-refractivity contribution in [3.63, 3.8) is 0 Å². The van der Waals surface area contributed by atoms with Crippen LogP contribution in [0, 0.1) is 0 Å². The number of carboxylic acids is 2. The van der Waals surface area contributed by atoms with E-state index in [1.165, 1.54) is 11.8 Å². The van der Waals surface area contributed by atoms with Crippen molar-refractivity contribution in [3.8, 4) is 0 Å². The molecule has 1 aromatic carbocycles. The van der Waals surface area contributed by atoms with Gasteiger partial charge in [0.05, 0.1) is 0 Å². The van der Waals surface area contributed by atoms with Gasteiger partial charge in [0.1, 0.15) is 18.7 Å². The quantitative estimate of drug-likeness (QED) is 0.730. The second-order valence-electron chi connectivity index (χ2n) is 6.23. The van der Waals surface area contributed by atoms with Crippen molar-refractivity contribution in [1.29, 1.82) is 0 Å². The molecule has 0 spiro atoms. The van der Waals surface area contributed by atoms with Gasteiger partial charge in [0.25, 0.3) is 0 Å². The second kappa shape index (κ2) is 9.02. The van der Waals surface area contributed by atoms with Crippen molar-refractivity contribution in [2.24, 2.45) is 0 Å². The summed E-state index contributed by atoms with van der Waals surface area (Å²) in [6.45, 7) is 1.67. The summed E-state index contributed by atoms with van der Waals surface area (Å²) >= 11 is 0. The van der Waals surface area contributed by atoms with Crippen LogP contribution in [0.15, 0.2) is 30.3 Å². The van der Waals surface area contributed by atoms with Gasteiger partial charge in [-0.2, -0.15) is 0 Å². The molecule has 27 heavy (non-hydrogen) atoms. The molecular weight excluding hydrogens is 356 g/mol. The summed E-state index contributed by atoms with van der Waals surface area (Å²) in [5.41, 5.74) is 0.808. The highest BCUT2D eigenvalue weighted by atomic mass is 16.6. The fraction of sp³-hybridized carbons (Fsp3) is 0.444. The molecule has 1 aromatic rings. The molecule has 1 aliphatic heterocycles. The van der Waals surface area contributed by atoms with Crippen LogP contribution < -0.4 is 0 Å². The first-order valence-corrected chi connectivity index (χ1v) is 8.53. The van der Waals surface area contributed by atoms with Crippen LogP contribution in [0.5, 0.6) is 0 Å². The predicted molar refractivity (Wildman–Crippen MR) is 92.8 cm³/mol. The fourth-order valence-electron chi connectivity index (χ4n) is 2.93. The van der Waals surface area contributed by atoms with E-state index in [0.29, 0.717) is 0 Å². The summed E-state index contributed by atoms with van der Waals surface area (Å²) < 4.78 is 5.23. The molecule has 1 saturated heterocycles. The molecule has 2 rings (SSSR count). The van der Waals surface area contributed by atoms with E-state index >= 15 is 0 Å². The number of nitrogens with zero attached hydrogens (tertiary/aromatic N) is 2. The van der Waals surface area contributed by atoms with E-state index in [1.54, 1.807) is 12.1 Å². The normalized spacial score (nSPS) is 18.1. The van der Waals surface area contributed by atoms with Gasteiger partial charge in [-0.15, -0.1) is 0 Å². The largest absolute Gasteiger partial charge is 0.481 e. The van der Waals surface area contributed by atoms with Crippen LogP contribution in [0.2, 0.25) is 0 Å². The fourth-order valence-corrected chi connectivity index (χ4v) is 2.93. The van der Waals surface area contributed by atoms with Gasteiger partial charge >= 0.3 is 18.0 Å². The van der Waals surface area contributed by atoms with Crippen LogP contribution in [0.25, 0.3) is 0 Å². The molecule has 2 amide bonds. The van der Waals surface area contributed by atoms with Gasteiger partial charge in [0.15, 0.2) is 0 Å². The van der Waals surface area contributed by atoms with E-state index in [1.807, 2.05) is 18.2 Å². The van der Waals surface area contributed by atoms with Crippen molar-refractivity contribution in [1.82, 2.24) is 9.80 Å². The van der Waals surface area contributed by atoms with E-state index in [0.717, 1.165) is 10.5 Å². The number of rotatable bonds is 7. The first-order chi connectivity index (χ1) is 12.8. The Balaban J connectivity index is 1.98. The molecular formula is C18H22N2O7. The minimum Gasteiger partial charge on any atom is -0.481 e. The molecule has 9 nitrogen and oxygen atoms in total. The zero-order valence-corrected chi connectivity index (χ0v) is 14.9. The van der Waals surface area contributed by atoms with Gasteiger partial charge in [-0.1, -0.05) is 30.3 Å². The molecule has 1 aliphatic rings. The number of amides is 2. The number of hydrogen-bond acceptors (Lipinski definition) is 5. The maximum absolute atomic E-state index is 12.6. The van der Waals surface area contributed by atoms with Crippen molar-refractivity contribution in [2.75, 3.05) is 13.1 Å². The summed E-state index contributed by atoms with van der Waals surface area (Å²) in [6, 6.07) is 6.95. The third-order valence-corrected chi connectivity index (χ3v) is 4.42. The zero-order valence-electron chi connectivity index (χ0n) is 14.9.